The van der Waals surface area contributed by atoms with E-state index in [1.165, 1.54) is 11.4 Å². The summed E-state index contributed by atoms with van der Waals surface area (Å²) in [5, 5.41) is 0. The van der Waals surface area contributed by atoms with Gasteiger partial charge in [0.25, 0.3) is 0 Å². The van der Waals surface area contributed by atoms with E-state index in [-0.39, 0.29) is 0 Å². The van der Waals surface area contributed by atoms with Crippen molar-refractivity contribution in [2.24, 2.45) is 7.05 Å². The van der Waals surface area contributed by atoms with Gasteiger partial charge in [-0.3, -0.25) is 0 Å². The van der Waals surface area contributed by atoms with Gasteiger partial charge in [0, 0.05) is 12.8 Å². The molecule has 0 saturated carbocycles. The minimum atomic E-state index is 1.07. The van der Waals surface area contributed by atoms with Crippen molar-refractivity contribution in [3.8, 4) is 0 Å². The third kappa shape index (κ3) is 1.29. The van der Waals surface area contributed by atoms with E-state index in [9.17, 15) is 0 Å². The first kappa shape index (κ1) is 9.04. The van der Waals surface area contributed by atoms with Crippen molar-refractivity contribution in [2.45, 2.75) is 26.7 Å². The normalized spacial score (nSPS) is 10.2. The number of nitrogens with zero attached hydrogens (tertiary/aromatic N) is 2. The van der Waals surface area contributed by atoms with E-state index in [2.05, 4.69) is 42.9 Å². The summed E-state index contributed by atoms with van der Waals surface area (Å²) in [4.78, 5) is 0. The fourth-order valence-corrected chi connectivity index (χ4v) is 1.68. The molecule has 0 saturated heterocycles. The molecule has 0 aliphatic heterocycles. The van der Waals surface area contributed by atoms with Gasteiger partial charge >= 0.3 is 0 Å². The van der Waals surface area contributed by atoms with Gasteiger partial charge in [0.05, 0.1) is 13.2 Å². The minimum Gasteiger partial charge on any atom is -0.236 e. The quantitative estimate of drug-likeness (QED) is 0.601. The highest BCUT2D eigenvalue weighted by Gasteiger charge is 2.15. The van der Waals surface area contributed by atoms with E-state index in [4.69, 9.17) is 0 Å². The van der Waals surface area contributed by atoms with Crippen LogP contribution in [-0.2, 0) is 19.9 Å². The van der Waals surface area contributed by atoms with E-state index >= 15 is 0 Å². The Morgan fingerprint density at radius 1 is 1.50 bits per heavy atom. The van der Waals surface area contributed by atoms with Gasteiger partial charge in [-0.1, -0.05) is 20.4 Å². The summed E-state index contributed by atoms with van der Waals surface area (Å²) in [6.45, 7) is 8.14. The van der Waals surface area contributed by atoms with Crippen LogP contribution in [0.15, 0.2) is 12.9 Å². The molecule has 0 atom stereocenters. The maximum absolute atomic E-state index is 3.78. The van der Waals surface area contributed by atoms with Crippen LogP contribution >= 0.6 is 0 Å². The molecule has 1 rings (SSSR count). The average molecular weight is 165 g/mol. The lowest BCUT2D eigenvalue weighted by Gasteiger charge is -1.94. The molecule has 0 amide bonds. The number of imidazole rings is 1. The number of aryl methyl sites for hydroxylation is 1. The predicted octanol–water partition coefficient (Wildman–Crippen LogP) is 1.54. The van der Waals surface area contributed by atoms with Gasteiger partial charge in [0.15, 0.2) is 5.69 Å². The molecule has 0 N–H and O–H groups in total. The summed E-state index contributed by atoms with van der Waals surface area (Å²) >= 11 is 0. The summed E-state index contributed by atoms with van der Waals surface area (Å²) < 4.78 is 4.26. The van der Waals surface area contributed by atoms with Gasteiger partial charge in [-0.05, 0) is 0 Å². The van der Waals surface area contributed by atoms with Crippen molar-refractivity contribution in [1.29, 1.82) is 0 Å². The maximum atomic E-state index is 3.78. The molecule has 12 heavy (non-hydrogen) atoms. The number of hydrogen-bond donors (Lipinski definition) is 0. The molecule has 0 fully saturated rings. The van der Waals surface area contributed by atoms with E-state index in [1.807, 2.05) is 6.20 Å². The van der Waals surface area contributed by atoms with E-state index < -0.39 is 0 Å². The molecule has 1 heterocycles. The molecule has 0 aliphatic carbocycles. The third-order valence-electron chi connectivity index (χ3n) is 2.23. The lowest BCUT2D eigenvalue weighted by atomic mass is 10.2. The smallest absolute Gasteiger partial charge is 0.236 e. The summed E-state index contributed by atoms with van der Waals surface area (Å²) in [5.74, 6) is 0. The third-order valence-corrected chi connectivity index (χ3v) is 2.23. The van der Waals surface area contributed by atoms with Gasteiger partial charge in [0.1, 0.15) is 5.69 Å². The molecule has 0 bridgehead atoms. The Bertz CT molecular complexity index is 284. The monoisotopic (exact) mass is 165 g/mol. The van der Waals surface area contributed by atoms with Crippen molar-refractivity contribution in [2.75, 3.05) is 0 Å². The molecule has 2 heteroatoms. The predicted molar refractivity (Wildman–Crippen MR) is 50.8 cm³/mol. The van der Waals surface area contributed by atoms with E-state index in [1.54, 1.807) is 0 Å². The molecule has 1 aromatic heterocycles. The SMILES string of the molecule is C=Cn1c[n+](C)c(CC)c1CC. The number of hydrogen-bond acceptors (Lipinski definition) is 0. The number of aromatic nitrogens is 2. The zero-order chi connectivity index (χ0) is 9.14. The zero-order valence-electron chi connectivity index (χ0n) is 8.17. The van der Waals surface area contributed by atoms with Crippen molar-refractivity contribution in [3.05, 3.63) is 24.3 Å². The Balaban J connectivity index is 3.25. The first-order valence-electron chi connectivity index (χ1n) is 4.45. The highest BCUT2D eigenvalue weighted by Crippen LogP contribution is 2.07. The van der Waals surface area contributed by atoms with Crippen LogP contribution in [0.1, 0.15) is 25.2 Å². The molecular formula is C10H17N2+. The van der Waals surface area contributed by atoms with Gasteiger partial charge in [0.2, 0.25) is 6.33 Å². The van der Waals surface area contributed by atoms with Gasteiger partial charge in [-0.15, -0.1) is 0 Å². The molecule has 0 radical (unpaired) electrons. The molecule has 1 aromatic rings. The fourth-order valence-electron chi connectivity index (χ4n) is 1.68. The van der Waals surface area contributed by atoms with Crippen LogP contribution in [0, 0.1) is 0 Å². The Kier molecular flexibility index (Phi) is 2.69. The fraction of sp³-hybridized carbons (Fsp3) is 0.500. The number of rotatable bonds is 3. The Labute approximate surface area is 74.1 Å². The summed E-state index contributed by atoms with van der Waals surface area (Å²) in [5.41, 5.74) is 2.77. The van der Waals surface area contributed by atoms with Gasteiger partial charge < -0.3 is 0 Å². The van der Waals surface area contributed by atoms with Crippen molar-refractivity contribution in [3.63, 3.8) is 0 Å². The first-order chi connectivity index (χ1) is 5.74. The zero-order valence-corrected chi connectivity index (χ0v) is 8.17. The average Bonchev–Trinajstić information content (AvgIpc) is 2.40. The van der Waals surface area contributed by atoms with Gasteiger partial charge in [-0.25, -0.2) is 9.13 Å². The summed E-state index contributed by atoms with van der Waals surface area (Å²) in [6, 6.07) is 0. The second-order valence-corrected chi connectivity index (χ2v) is 2.92. The standard InChI is InChI=1S/C10H17N2/c1-5-9-10(6-2)12(7-3)8-11(9)4/h7-8H,3,5-6H2,1-2,4H3/q+1. The lowest BCUT2D eigenvalue weighted by Crippen LogP contribution is -2.30. The maximum Gasteiger partial charge on any atom is 0.248 e. The van der Waals surface area contributed by atoms with Crippen molar-refractivity contribution < 1.29 is 4.57 Å². The Hall–Kier alpha value is -1.05. The van der Waals surface area contributed by atoms with Crippen LogP contribution in [-0.4, -0.2) is 4.57 Å². The largest absolute Gasteiger partial charge is 0.248 e. The Morgan fingerprint density at radius 3 is 2.58 bits per heavy atom. The van der Waals surface area contributed by atoms with Crippen LogP contribution in [0.25, 0.3) is 6.20 Å². The van der Waals surface area contributed by atoms with Crippen LogP contribution in [0.2, 0.25) is 0 Å². The molecule has 0 unspecified atom stereocenters. The first-order valence-corrected chi connectivity index (χ1v) is 4.45. The highest BCUT2D eigenvalue weighted by molar-refractivity contribution is 5.23. The molecule has 0 aliphatic rings. The molecule has 2 nitrogen and oxygen atoms in total. The van der Waals surface area contributed by atoms with Crippen LogP contribution < -0.4 is 4.57 Å². The minimum absolute atomic E-state index is 1.07. The van der Waals surface area contributed by atoms with Crippen molar-refractivity contribution >= 4 is 6.20 Å². The second kappa shape index (κ2) is 3.57. The van der Waals surface area contributed by atoms with Crippen LogP contribution in [0.4, 0.5) is 0 Å². The van der Waals surface area contributed by atoms with Crippen molar-refractivity contribution in [1.82, 2.24) is 4.57 Å². The molecule has 0 aromatic carbocycles. The lowest BCUT2D eigenvalue weighted by molar-refractivity contribution is -0.678. The van der Waals surface area contributed by atoms with Crippen LogP contribution in [0.3, 0.4) is 0 Å². The molecule has 66 valence electrons. The van der Waals surface area contributed by atoms with Crippen LogP contribution in [0.5, 0.6) is 0 Å². The second-order valence-electron chi connectivity index (χ2n) is 2.92. The Morgan fingerprint density at radius 2 is 2.17 bits per heavy atom. The van der Waals surface area contributed by atoms with E-state index in [0.29, 0.717) is 0 Å². The topological polar surface area (TPSA) is 8.81 Å². The van der Waals surface area contributed by atoms with Gasteiger partial charge in [-0.2, -0.15) is 0 Å². The summed E-state index contributed by atoms with van der Waals surface area (Å²) in [6.07, 6.45) is 6.08. The molecular weight excluding hydrogens is 148 g/mol. The highest BCUT2D eigenvalue weighted by atomic mass is 15.1. The van der Waals surface area contributed by atoms with E-state index in [0.717, 1.165) is 12.8 Å². The summed E-state index contributed by atoms with van der Waals surface area (Å²) in [7, 11) is 2.08. The molecule has 0 spiro atoms.